The molecular weight excluding hydrogens is 362 g/mol. The van der Waals surface area contributed by atoms with Crippen LogP contribution in [0.4, 0.5) is 5.69 Å². The van der Waals surface area contributed by atoms with Crippen LogP contribution in [0.2, 0.25) is 0 Å². The third kappa shape index (κ3) is 6.56. The van der Waals surface area contributed by atoms with E-state index in [4.69, 9.17) is 17.0 Å². The lowest BCUT2D eigenvalue weighted by Crippen LogP contribution is -2.32. The molecule has 7 heteroatoms. The van der Waals surface area contributed by atoms with E-state index in [2.05, 4.69) is 16.0 Å². The Morgan fingerprint density at radius 3 is 2.56 bits per heavy atom. The van der Waals surface area contributed by atoms with Crippen LogP contribution in [0.5, 0.6) is 5.75 Å². The Morgan fingerprint density at radius 1 is 1.15 bits per heavy atom. The van der Waals surface area contributed by atoms with Crippen LogP contribution in [0.3, 0.4) is 0 Å². The highest BCUT2D eigenvalue weighted by atomic mass is 32.1. The molecule has 0 bridgehead atoms. The molecule has 0 fully saturated rings. The largest absolute Gasteiger partial charge is 0.494 e. The van der Waals surface area contributed by atoms with Crippen LogP contribution in [-0.4, -0.2) is 30.6 Å². The zero-order valence-corrected chi connectivity index (χ0v) is 15.9. The van der Waals surface area contributed by atoms with Crippen molar-refractivity contribution in [3.8, 4) is 5.75 Å². The number of carbonyl (C=O) groups excluding carboxylic acids is 2. The number of anilines is 1. The number of hydrogen-bond donors (Lipinski definition) is 3. The van der Waals surface area contributed by atoms with Gasteiger partial charge in [-0.1, -0.05) is 18.2 Å². The molecule has 6 nitrogen and oxygen atoms in total. The molecule has 2 amide bonds. The van der Waals surface area contributed by atoms with Gasteiger partial charge in [0, 0.05) is 24.4 Å². The maximum Gasteiger partial charge on any atom is 0.251 e. The highest BCUT2D eigenvalue weighted by Crippen LogP contribution is 2.13. The predicted molar refractivity (Wildman–Crippen MR) is 111 cm³/mol. The zero-order chi connectivity index (χ0) is 19.6. The van der Waals surface area contributed by atoms with Crippen molar-refractivity contribution >= 4 is 40.9 Å². The van der Waals surface area contributed by atoms with E-state index in [0.29, 0.717) is 17.9 Å². The number of rotatable bonds is 6. The van der Waals surface area contributed by atoms with Crippen LogP contribution in [0.25, 0.3) is 6.08 Å². The minimum absolute atomic E-state index is 0.144. The van der Waals surface area contributed by atoms with Gasteiger partial charge in [-0.3, -0.25) is 14.9 Å². The molecule has 0 radical (unpaired) electrons. The number of nitrogens with one attached hydrogen (secondary N) is 3. The van der Waals surface area contributed by atoms with Crippen molar-refractivity contribution in [3.63, 3.8) is 0 Å². The number of ether oxygens (including phenoxy) is 1. The van der Waals surface area contributed by atoms with Gasteiger partial charge in [0.15, 0.2) is 5.11 Å². The highest BCUT2D eigenvalue weighted by Gasteiger charge is 2.06. The van der Waals surface area contributed by atoms with Crippen molar-refractivity contribution in [2.75, 3.05) is 19.0 Å². The van der Waals surface area contributed by atoms with Gasteiger partial charge in [0.1, 0.15) is 5.75 Å². The summed E-state index contributed by atoms with van der Waals surface area (Å²) in [6.07, 6.45) is 3.07. The topological polar surface area (TPSA) is 79.5 Å². The zero-order valence-electron chi connectivity index (χ0n) is 15.1. The number of carbonyl (C=O) groups is 2. The van der Waals surface area contributed by atoms with E-state index in [0.717, 1.165) is 11.3 Å². The fraction of sp³-hybridized carbons (Fsp3) is 0.150. The van der Waals surface area contributed by atoms with Crippen molar-refractivity contribution in [2.45, 2.75) is 6.92 Å². The summed E-state index contributed by atoms with van der Waals surface area (Å²) in [6.45, 7) is 2.53. The van der Waals surface area contributed by atoms with E-state index in [1.165, 1.54) is 6.08 Å². The van der Waals surface area contributed by atoms with Crippen LogP contribution in [0.15, 0.2) is 54.6 Å². The first-order chi connectivity index (χ1) is 13.0. The Bertz CT molecular complexity index is 848. The molecule has 140 valence electrons. The Labute approximate surface area is 163 Å². The van der Waals surface area contributed by atoms with E-state index in [9.17, 15) is 9.59 Å². The van der Waals surface area contributed by atoms with Crippen LogP contribution in [0.1, 0.15) is 22.8 Å². The number of hydrogen-bond acceptors (Lipinski definition) is 4. The molecule has 0 atom stereocenters. The third-order valence-electron chi connectivity index (χ3n) is 3.46. The number of thiocarbonyl (C=S) groups is 1. The van der Waals surface area contributed by atoms with Crippen molar-refractivity contribution in [1.29, 1.82) is 0 Å². The standard InChI is InChI=1S/C20H21N3O3S/c1-3-26-17-10-7-14(8-11-17)9-12-18(24)23-20(27)22-16-6-4-5-15(13-16)19(25)21-2/h4-13H,3H2,1-2H3,(H,21,25)(H2,22,23,24,27)/b12-9+. The van der Waals surface area contributed by atoms with Gasteiger partial charge in [0.2, 0.25) is 5.91 Å². The van der Waals surface area contributed by atoms with E-state index in [1.807, 2.05) is 31.2 Å². The Kier molecular flexibility index (Phi) is 7.51. The lowest BCUT2D eigenvalue weighted by Gasteiger charge is -2.09. The van der Waals surface area contributed by atoms with Gasteiger partial charge < -0.3 is 15.4 Å². The lowest BCUT2D eigenvalue weighted by molar-refractivity contribution is -0.115. The summed E-state index contributed by atoms with van der Waals surface area (Å²) in [4.78, 5) is 23.6. The second-order valence-electron chi connectivity index (χ2n) is 5.44. The smallest absolute Gasteiger partial charge is 0.251 e. The van der Waals surface area contributed by atoms with Gasteiger partial charge in [-0.05, 0) is 61.1 Å². The summed E-state index contributed by atoms with van der Waals surface area (Å²) in [6, 6.07) is 14.2. The summed E-state index contributed by atoms with van der Waals surface area (Å²) < 4.78 is 5.37. The fourth-order valence-corrected chi connectivity index (χ4v) is 2.43. The van der Waals surface area contributed by atoms with Crippen LogP contribution in [-0.2, 0) is 4.79 Å². The van der Waals surface area contributed by atoms with Crippen LogP contribution >= 0.6 is 12.2 Å². The first-order valence-electron chi connectivity index (χ1n) is 8.37. The molecular formula is C20H21N3O3S. The minimum Gasteiger partial charge on any atom is -0.494 e. The van der Waals surface area contributed by atoms with Crippen LogP contribution < -0.4 is 20.7 Å². The molecule has 0 aliphatic heterocycles. The monoisotopic (exact) mass is 383 g/mol. The molecule has 0 aliphatic rings. The van der Waals surface area contributed by atoms with Gasteiger partial charge in [-0.15, -0.1) is 0 Å². The first-order valence-corrected chi connectivity index (χ1v) is 8.77. The summed E-state index contributed by atoms with van der Waals surface area (Å²) >= 11 is 5.13. The van der Waals surface area contributed by atoms with Gasteiger partial charge in [0.25, 0.3) is 5.91 Å². The molecule has 0 unspecified atom stereocenters. The third-order valence-corrected chi connectivity index (χ3v) is 3.67. The van der Waals surface area contributed by atoms with Crippen LogP contribution in [0, 0.1) is 0 Å². The fourth-order valence-electron chi connectivity index (χ4n) is 2.21. The molecule has 27 heavy (non-hydrogen) atoms. The molecule has 0 saturated heterocycles. The summed E-state index contributed by atoms with van der Waals surface area (Å²) in [5.74, 6) is 0.221. The van der Waals surface area contributed by atoms with Gasteiger partial charge >= 0.3 is 0 Å². The number of benzene rings is 2. The molecule has 2 aromatic rings. The average molecular weight is 383 g/mol. The summed E-state index contributed by atoms with van der Waals surface area (Å²) in [7, 11) is 1.56. The van der Waals surface area contributed by atoms with E-state index in [1.54, 1.807) is 37.4 Å². The van der Waals surface area contributed by atoms with E-state index in [-0.39, 0.29) is 16.9 Å². The Balaban J connectivity index is 1.89. The first kappa shape index (κ1) is 20.1. The van der Waals surface area contributed by atoms with Crippen molar-refractivity contribution in [2.24, 2.45) is 0 Å². The highest BCUT2D eigenvalue weighted by molar-refractivity contribution is 7.80. The molecule has 0 saturated carbocycles. The average Bonchev–Trinajstić information content (AvgIpc) is 2.67. The van der Waals surface area contributed by atoms with Gasteiger partial charge in [-0.25, -0.2) is 0 Å². The number of amides is 2. The van der Waals surface area contributed by atoms with Crippen molar-refractivity contribution in [1.82, 2.24) is 10.6 Å². The Hall–Kier alpha value is -3.19. The predicted octanol–water partition coefficient (Wildman–Crippen LogP) is 2.97. The SMILES string of the molecule is CCOc1ccc(/C=C/C(=O)NC(=S)Nc2cccc(C(=O)NC)c2)cc1. The Morgan fingerprint density at radius 2 is 1.89 bits per heavy atom. The molecule has 3 N–H and O–H groups in total. The quantitative estimate of drug-likeness (QED) is 0.528. The van der Waals surface area contributed by atoms with Crippen molar-refractivity contribution in [3.05, 3.63) is 65.7 Å². The van der Waals surface area contributed by atoms with Gasteiger partial charge in [-0.2, -0.15) is 0 Å². The second-order valence-corrected chi connectivity index (χ2v) is 5.85. The molecule has 2 aromatic carbocycles. The molecule has 2 rings (SSSR count). The molecule has 0 spiro atoms. The van der Waals surface area contributed by atoms with Crippen molar-refractivity contribution < 1.29 is 14.3 Å². The minimum atomic E-state index is -0.358. The second kappa shape index (κ2) is 10.1. The molecule has 0 aromatic heterocycles. The summed E-state index contributed by atoms with van der Waals surface area (Å²) in [5, 5.41) is 8.14. The van der Waals surface area contributed by atoms with Gasteiger partial charge in [0.05, 0.1) is 6.61 Å². The molecule has 0 aliphatic carbocycles. The van der Waals surface area contributed by atoms with E-state index < -0.39 is 0 Å². The molecule has 0 heterocycles. The summed E-state index contributed by atoms with van der Waals surface area (Å²) in [5.41, 5.74) is 1.97. The normalized spacial score (nSPS) is 10.3. The lowest BCUT2D eigenvalue weighted by atomic mass is 10.2. The maximum atomic E-state index is 12.0. The maximum absolute atomic E-state index is 12.0. The van der Waals surface area contributed by atoms with E-state index >= 15 is 0 Å².